The van der Waals surface area contributed by atoms with Crippen molar-refractivity contribution >= 4 is 18.0 Å². The molecule has 0 aliphatic rings. The minimum Gasteiger partial charge on any atom is -0.411 e. The van der Waals surface area contributed by atoms with E-state index in [9.17, 15) is 0 Å². The van der Waals surface area contributed by atoms with Crippen LogP contribution in [0.5, 0.6) is 0 Å². The number of nitrogens with zero attached hydrogens (tertiary/aromatic N) is 1. The highest BCUT2D eigenvalue weighted by Crippen LogP contribution is 2.23. The molecule has 1 N–H and O–H groups in total. The first-order chi connectivity index (χ1) is 9.12. The fourth-order valence-corrected chi connectivity index (χ4v) is 3.10. The summed E-state index contributed by atoms with van der Waals surface area (Å²) in [6, 6.07) is 0. The quantitative estimate of drug-likeness (QED) is 0.198. The number of thioether (sulfide) groups is 1. The number of rotatable bonds is 13. The molecule has 114 valence electrons. The van der Waals surface area contributed by atoms with Gasteiger partial charge in [-0.15, -0.1) is 16.9 Å². The SMILES string of the molecule is CCCCCCCCCCCCSC(C)(C)/C=N\O. The second kappa shape index (κ2) is 12.8. The van der Waals surface area contributed by atoms with Gasteiger partial charge in [0.15, 0.2) is 0 Å². The van der Waals surface area contributed by atoms with E-state index < -0.39 is 0 Å². The molecule has 0 saturated carbocycles. The largest absolute Gasteiger partial charge is 0.411 e. The molecule has 0 fully saturated rings. The average Bonchev–Trinajstić information content (AvgIpc) is 2.36. The van der Waals surface area contributed by atoms with E-state index in [-0.39, 0.29) is 4.75 Å². The molecule has 0 heterocycles. The third-order valence-corrected chi connectivity index (χ3v) is 4.68. The predicted molar refractivity (Wildman–Crippen MR) is 88.7 cm³/mol. The maximum absolute atomic E-state index is 8.54. The van der Waals surface area contributed by atoms with Crippen molar-refractivity contribution < 1.29 is 5.21 Å². The molecule has 0 aromatic heterocycles. The Labute approximate surface area is 124 Å². The summed E-state index contributed by atoms with van der Waals surface area (Å²) in [7, 11) is 0. The normalized spacial score (nSPS) is 12.4. The fraction of sp³-hybridized carbons (Fsp3) is 0.938. The van der Waals surface area contributed by atoms with Gasteiger partial charge in [0.25, 0.3) is 0 Å². The summed E-state index contributed by atoms with van der Waals surface area (Å²) in [5.41, 5.74) is 0. The van der Waals surface area contributed by atoms with E-state index >= 15 is 0 Å². The smallest absolute Gasteiger partial charge is 0.0591 e. The number of unbranched alkanes of at least 4 members (excludes halogenated alkanes) is 9. The molecule has 0 aliphatic heterocycles. The molecule has 0 spiro atoms. The van der Waals surface area contributed by atoms with Gasteiger partial charge in [-0.25, -0.2) is 0 Å². The summed E-state index contributed by atoms with van der Waals surface area (Å²) in [6.45, 7) is 6.45. The maximum Gasteiger partial charge on any atom is 0.0591 e. The molecule has 0 saturated heterocycles. The molecule has 19 heavy (non-hydrogen) atoms. The van der Waals surface area contributed by atoms with Crippen molar-refractivity contribution in [2.45, 2.75) is 89.7 Å². The van der Waals surface area contributed by atoms with E-state index in [0.717, 1.165) is 5.75 Å². The van der Waals surface area contributed by atoms with Gasteiger partial charge in [-0.1, -0.05) is 64.7 Å². The van der Waals surface area contributed by atoms with Gasteiger partial charge in [0, 0.05) is 4.75 Å². The highest BCUT2D eigenvalue weighted by Gasteiger charge is 2.14. The Bertz CT molecular complexity index is 217. The Morgan fingerprint density at radius 1 is 0.895 bits per heavy atom. The second-order valence-corrected chi connectivity index (χ2v) is 7.63. The van der Waals surface area contributed by atoms with Gasteiger partial charge in [0.2, 0.25) is 0 Å². The van der Waals surface area contributed by atoms with Crippen LogP contribution >= 0.6 is 11.8 Å². The second-order valence-electron chi connectivity index (χ2n) is 5.88. The zero-order valence-corrected chi connectivity index (χ0v) is 14.0. The molecule has 0 bridgehead atoms. The molecule has 3 heteroatoms. The van der Waals surface area contributed by atoms with E-state index in [1.807, 2.05) is 11.8 Å². The zero-order chi connectivity index (χ0) is 14.4. The molecular formula is C16H33NOS. The van der Waals surface area contributed by atoms with Crippen LogP contribution in [0.2, 0.25) is 0 Å². The van der Waals surface area contributed by atoms with Crippen molar-refractivity contribution in [2.75, 3.05) is 5.75 Å². The summed E-state index contributed by atoms with van der Waals surface area (Å²) >= 11 is 1.87. The van der Waals surface area contributed by atoms with Crippen LogP contribution in [0.25, 0.3) is 0 Å². The maximum atomic E-state index is 8.54. The van der Waals surface area contributed by atoms with Crippen LogP contribution in [0.3, 0.4) is 0 Å². The lowest BCUT2D eigenvalue weighted by Gasteiger charge is -2.17. The molecular weight excluding hydrogens is 254 g/mol. The Hall–Kier alpha value is -0.180. The van der Waals surface area contributed by atoms with Crippen LogP contribution in [-0.2, 0) is 0 Å². The minimum atomic E-state index is -0.0337. The van der Waals surface area contributed by atoms with Gasteiger partial charge in [-0.2, -0.15) is 0 Å². The van der Waals surface area contributed by atoms with Gasteiger partial charge in [0.1, 0.15) is 0 Å². The van der Waals surface area contributed by atoms with Crippen LogP contribution in [0.4, 0.5) is 0 Å². The lowest BCUT2D eigenvalue weighted by Crippen LogP contribution is -2.17. The number of hydrogen-bond donors (Lipinski definition) is 1. The van der Waals surface area contributed by atoms with Crippen LogP contribution < -0.4 is 0 Å². The summed E-state index contributed by atoms with van der Waals surface area (Å²) in [6.07, 6.45) is 15.5. The summed E-state index contributed by atoms with van der Waals surface area (Å²) in [5, 5.41) is 11.7. The highest BCUT2D eigenvalue weighted by atomic mass is 32.2. The van der Waals surface area contributed by atoms with Crippen molar-refractivity contribution in [1.82, 2.24) is 0 Å². The van der Waals surface area contributed by atoms with Crippen LogP contribution in [0.15, 0.2) is 5.16 Å². The molecule has 0 rings (SSSR count). The molecule has 0 aromatic rings. The Kier molecular flexibility index (Phi) is 12.7. The van der Waals surface area contributed by atoms with E-state index in [4.69, 9.17) is 5.21 Å². The van der Waals surface area contributed by atoms with E-state index in [0.29, 0.717) is 0 Å². The first-order valence-corrected chi connectivity index (χ1v) is 8.93. The monoisotopic (exact) mass is 287 g/mol. The minimum absolute atomic E-state index is 0.0337. The van der Waals surface area contributed by atoms with Gasteiger partial charge in [-0.3, -0.25) is 0 Å². The molecule has 2 nitrogen and oxygen atoms in total. The first kappa shape index (κ1) is 18.8. The molecule has 0 radical (unpaired) electrons. The van der Waals surface area contributed by atoms with E-state index in [1.54, 1.807) is 6.21 Å². The average molecular weight is 288 g/mol. The molecule has 0 unspecified atom stereocenters. The van der Waals surface area contributed by atoms with Gasteiger partial charge >= 0.3 is 0 Å². The van der Waals surface area contributed by atoms with E-state index in [1.165, 1.54) is 64.2 Å². The van der Waals surface area contributed by atoms with Crippen molar-refractivity contribution in [3.05, 3.63) is 0 Å². The third kappa shape index (κ3) is 14.0. The van der Waals surface area contributed by atoms with Crippen molar-refractivity contribution in [3.8, 4) is 0 Å². The zero-order valence-electron chi connectivity index (χ0n) is 13.2. The molecule has 0 aromatic carbocycles. The molecule has 0 amide bonds. The predicted octanol–water partition coefficient (Wildman–Crippen LogP) is 5.88. The van der Waals surface area contributed by atoms with Crippen molar-refractivity contribution in [3.63, 3.8) is 0 Å². The lowest BCUT2D eigenvalue weighted by atomic mass is 10.1. The Morgan fingerprint density at radius 3 is 1.84 bits per heavy atom. The number of oxime groups is 1. The highest BCUT2D eigenvalue weighted by molar-refractivity contribution is 8.01. The molecule has 0 atom stereocenters. The van der Waals surface area contributed by atoms with E-state index in [2.05, 4.69) is 25.9 Å². The number of hydrogen-bond acceptors (Lipinski definition) is 3. The fourth-order valence-electron chi connectivity index (χ4n) is 2.10. The van der Waals surface area contributed by atoms with Gasteiger partial charge in [-0.05, 0) is 26.0 Å². The van der Waals surface area contributed by atoms with Crippen LogP contribution in [-0.4, -0.2) is 21.9 Å². The summed E-state index contributed by atoms with van der Waals surface area (Å²) in [4.78, 5) is 0. The van der Waals surface area contributed by atoms with Gasteiger partial charge in [0.05, 0.1) is 6.21 Å². The summed E-state index contributed by atoms with van der Waals surface area (Å²) < 4.78 is -0.0337. The summed E-state index contributed by atoms with van der Waals surface area (Å²) in [5.74, 6) is 1.16. The van der Waals surface area contributed by atoms with Gasteiger partial charge < -0.3 is 5.21 Å². The Balaban J connectivity index is 3.19. The third-order valence-electron chi connectivity index (χ3n) is 3.34. The Morgan fingerprint density at radius 2 is 1.37 bits per heavy atom. The first-order valence-electron chi connectivity index (χ1n) is 7.95. The van der Waals surface area contributed by atoms with Crippen LogP contribution in [0, 0.1) is 0 Å². The molecule has 0 aliphatic carbocycles. The van der Waals surface area contributed by atoms with Crippen LogP contribution in [0.1, 0.15) is 85.0 Å². The van der Waals surface area contributed by atoms with Crippen molar-refractivity contribution in [2.24, 2.45) is 5.16 Å². The topological polar surface area (TPSA) is 32.6 Å². The van der Waals surface area contributed by atoms with Crippen molar-refractivity contribution in [1.29, 1.82) is 0 Å². The lowest BCUT2D eigenvalue weighted by molar-refractivity contribution is 0.319. The standard InChI is InChI=1S/C16H33NOS/c1-4-5-6-7-8-9-10-11-12-13-14-19-16(2,3)15-17-18/h15,18H,4-14H2,1-3H3/b17-15-.